The average Bonchev–Trinajstić information content (AvgIpc) is 2.04. The number of nitrogens with one attached hydrogen (secondary N) is 1. The quantitative estimate of drug-likeness (QED) is 0.742. The fourth-order valence-corrected chi connectivity index (χ4v) is 1.58. The minimum absolute atomic E-state index is 0.0277. The molecule has 72 valence electrons. The molecule has 13 heavy (non-hydrogen) atoms. The molecule has 0 saturated carbocycles. The minimum Gasteiger partial charge on any atom is -0.508 e. The van der Waals surface area contributed by atoms with E-state index in [1.54, 1.807) is 6.07 Å². The molecule has 0 unspecified atom stereocenters. The zero-order valence-electron chi connectivity index (χ0n) is 8.46. The number of rotatable bonds is 3. The molecule has 0 aliphatic rings. The van der Waals surface area contributed by atoms with Crippen molar-refractivity contribution in [1.82, 2.24) is 5.32 Å². The van der Waals surface area contributed by atoms with Gasteiger partial charge in [-0.05, 0) is 13.1 Å². The van der Waals surface area contributed by atoms with Crippen LogP contribution in [0.5, 0.6) is 5.75 Å². The van der Waals surface area contributed by atoms with E-state index in [1.165, 1.54) is 0 Å². The van der Waals surface area contributed by atoms with Gasteiger partial charge in [-0.3, -0.25) is 0 Å². The second-order valence-electron chi connectivity index (χ2n) is 3.93. The van der Waals surface area contributed by atoms with Crippen LogP contribution < -0.4 is 5.32 Å². The normalized spacial score (nSPS) is 11.6. The van der Waals surface area contributed by atoms with Gasteiger partial charge >= 0.3 is 0 Å². The van der Waals surface area contributed by atoms with Crippen LogP contribution in [0.25, 0.3) is 0 Å². The lowest BCUT2D eigenvalue weighted by Gasteiger charge is -2.25. The van der Waals surface area contributed by atoms with E-state index in [0.717, 1.165) is 12.1 Å². The highest BCUT2D eigenvalue weighted by molar-refractivity contribution is 5.37. The summed E-state index contributed by atoms with van der Waals surface area (Å²) in [5, 5.41) is 12.8. The third-order valence-electron chi connectivity index (χ3n) is 2.25. The summed E-state index contributed by atoms with van der Waals surface area (Å²) in [5.74, 6) is 0.378. The van der Waals surface area contributed by atoms with Crippen LogP contribution in [0.2, 0.25) is 0 Å². The molecule has 1 aromatic rings. The summed E-state index contributed by atoms with van der Waals surface area (Å²) in [6, 6.07) is 7.49. The maximum absolute atomic E-state index is 9.64. The first-order valence-corrected chi connectivity index (χ1v) is 4.51. The van der Waals surface area contributed by atoms with Gasteiger partial charge in [0.05, 0.1) is 0 Å². The molecular weight excluding hydrogens is 162 g/mol. The van der Waals surface area contributed by atoms with Gasteiger partial charge in [0.1, 0.15) is 5.75 Å². The molecule has 0 amide bonds. The van der Waals surface area contributed by atoms with E-state index in [9.17, 15) is 5.11 Å². The molecule has 1 aromatic carbocycles. The van der Waals surface area contributed by atoms with Crippen LogP contribution in [0.4, 0.5) is 0 Å². The highest BCUT2D eigenvalue weighted by Gasteiger charge is 2.22. The topological polar surface area (TPSA) is 32.3 Å². The summed E-state index contributed by atoms with van der Waals surface area (Å²) in [5.41, 5.74) is 0.962. The van der Waals surface area contributed by atoms with Crippen molar-refractivity contribution >= 4 is 0 Å². The zero-order chi connectivity index (χ0) is 9.90. The van der Waals surface area contributed by atoms with E-state index in [-0.39, 0.29) is 5.41 Å². The minimum atomic E-state index is -0.0277. The summed E-state index contributed by atoms with van der Waals surface area (Å²) >= 11 is 0. The number of benzene rings is 1. The number of aromatic hydroxyl groups is 1. The predicted octanol–water partition coefficient (Wildman–Crippen LogP) is 1.89. The number of para-hydroxylation sites is 1. The summed E-state index contributed by atoms with van der Waals surface area (Å²) in [7, 11) is 1.92. The van der Waals surface area contributed by atoms with Gasteiger partial charge in [-0.25, -0.2) is 0 Å². The lowest BCUT2D eigenvalue weighted by atomic mass is 9.84. The Morgan fingerprint density at radius 2 is 1.92 bits per heavy atom. The number of phenolic OH excluding ortho intramolecular Hbond substituents is 1. The van der Waals surface area contributed by atoms with Crippen molar-refractivity contribution in [2.45, 2.75) is 19.3 Å². The average molecular weight is 179 g/mol. The fourth-order valence-electron chi connectivity index (χ4n) is 1.58. The van der Waals surface area contributed by atoms with Crippen molar-refractivity contribution in [2.24, 2.45) is 0 Å². The SMILES string of the molecule is CNCC(C)(C)c1ccccc1O. The molecule has 2 N–H and O–H groups in total. The molecule has 0 fully saturated rings. The Kier molecular flexibility index (Phi) is 2.94. The Morgan fingerprint density at radius 1 is 1.31 bits per heavy atom. The molecule has 0 saturated heterocycles. The molecule has 0 aliphatic heterocycles. The van der Waals surface area contributed by atoms with Crippen LogP contribution >= 0.6 is 0 Å². The van der Waals surface area contributed by atoms with E-state index < -0.39 is 0 Å². The van der Waals surface area contributed by atoms with Gasteiger partial charge in [-0.1, -0.05) is 32.0 Å². The van der Waals surface area contributed by atoms with Gasteiger partial charge in [-0.15, -0.1) is 0 Å². The van der Waals surface area contributed by atoms with Crippen LogP contribution in [0, 0.1) is 0 Å². The first-order chi connectivity index (χ1) is 6.08. The van der Waals surface area contributed by atoms with Crippen molar-refractivity contribution in [1.29, 1.82) is 0 Å². The maximum atomic E-state index is 9.64. The molecule has 0 atom stereocenters. The van der Waals surface area contributed by atoms with Crippen LogP contribution in [0.3, 0.4) is 0 Å². The second kappa shape index (κ2) is 3.79. The first kappa shape index (κ1) is 10.1. The standard InChI is InChI=1S/C11H17NO/c1-11(2,8-12-3)9-6-4-5-7-10(9)13/h4-7,12-13H,8H2,1-3H3. The van der Waals surface area contributed by atoms with Gasteiger partial charge in [0.25, 0.3) is 0 Å². The Balaban J connectivity index is 2.99. The van der Waals surface area contributed by atoms with Crippen LogP contribution in [-0.4, -0.2) is 18.7 Å². The molecule has 0 bridgehead atoms. The molecule has 1 rings (SSSR count). The highest BCUT2D eigenvalue weighted by atomic mass is 16.3. The van der Waals surface area contributed by atoms with Crippen LogP contribution in [0.15, 0.2) is 24.3 Å². The number of hydrogen-bond donors (Lipinski definition) is 2. The summed E-state index contributed by atoms with van der Waals surface area (Å²) < 4.78 is 0. The van der Waals surface area contributed by atoms with Crippen molar-refractivity contribution in [3.05, 3.63) is 29.8 Å². The summed E-state index contributed by atoms with van der Waals surface area (Å²) in [4.78, 5) is 0. The van der Waals surface area contributed by atoms with Gasteiger partial charge in [0.15, 0.2) is 0 Å². The van der Waals surface area contributed by atoms with E-state index >= 15 is 0 Å². The zero-order valence-corrected chi connectivity index (χ0v) is 8.46. The Morgan fingerprint density at radius 3 is 2.46 bits per heavy atom. The molecule has 0 aliphatic carbocycles. The van der Waals surface area contributed by atoms with Gasteiger partial charge < -0.3 is 10.4 Å². The van der Waals surface area contributed by atoms with Crippen LogP contribution in [0.1, 0.15) is 19.4 Å². The van der Waals surface area contributed by atoms with Crippen molar-refractivity contribution in [2.75, 3.05) is 13.6 Å². The third kappa shape index (κ3) is 2.22. The second-order valence-corrected chi connectivity index (χ2v) is 3.93. The number of likely N-dealkylation sites (N-methyl/N-ethyl adjacent to an activating group) is 1. The largest absolute Gasteiger partial charge is 0.508 e. The predicted molar refractivity (Wildman–Crippen MR) is 55.1 cm³/mol. The third-order valence-corrected chi connectivity index (χ3v) is 2.25. The Hall–Kier alpha value is -1.02. The van der Waals surface area contributed by atoms with Gasteiger partial charge in [-0.2, -0.15) is 0 Å². The van der Waals surface area contributed by atoms with E-state index in [4.69, 9.17) is 0 Å². The lowest BCUT2D eigenvalue weighted by molar-refractivity contribution is 0.427. The molecule has 0 aromatic heterocycles. The smallest absolute Gasteiger partial charge is 0.119 e. The molecule has 0 spiro atoms. The number of phenols is 1. The molecule has 2 nitrogen and oxygen atoms in total. The fraction of sp³-hybridized carbons (Fsp3) is 0.455. The molecular formula is C11H17NO. The first-order valence-electron chi connectivity index (χ1n) is 4.51. The van der Waals surface area contributed by atoms with Crippen molar-refractivity contribution in [3.63, 3.8) is 0 Å². The van der Waals surface area contributed by atoms with Gasteiger partial charge in [0.2, 0.25) is 0 Å². The lowest BCUT2D eigenvalue weighted by Crippen LogP contribution is -2.30. The Bertz CT molecular complexity index is 281. The van der Waals surface area contributed by atoms with Crippen molar-refractivity contribution in [3.8, 4) is 5.75 Å². The Labute approximate surface area is 79.6 Å². The monoisotopic (exact) mass is 179 g/mol. The maximum Gasteiger partial charge on any atom is 0.119 e. The molecule has 0 heterocycles. The highest BCUT2D eigenvalue weighted by Crippen LogP contribution is 2.29. The van der Waals surface area contributed by atoms with E-state index in [0.29, 0.717) is 5.75 Å². The van der Waals surface area contributed by atoms with Gasteiger partial charge in [0, 0.05) is 17.5 Å². The molecule has 0 radical (unpaired) electrons. The summed E-state index contributed by atoms with van der Waals surface area (Å²) in [6.45, 7) is 5.07. The van der Waals surface area contributed by atoms with Crippen molar-refractivity contribution < 1.29 is 5.11 Å². The summed E-state index contributed by atoms with van der Waals surface area (Å²) in [6.07, 6.45) is 0. The van der Waals surface area contributed by atoms with E-state index in [1.807, 2.05) is 25.2 Å². The van der Waals surface area contributed by atoms with Crippen LogP contribution in [-0.2, 0) is 5.41 Å². The number of hydrogen-bond acceptors (Lipinski definition) is 2. The molecule has 2 heteroatoms. The van der Waals surface area contributed by atoms with E-state index in [2.05, 4.69) is 19.2 Å².